The van der Waals surface area contributed by atoms with Crippen LogP contribution < -0.4 is 14.8 Å². The Morgan fingerprint density at radius 1 is 0.941 bits per heavy atom. The second-order valence-corrected chi connectivity index (χ2v) is 8.38. The first-order valence-corrected chi connectivity index (χ1v) is 11.3. The van der Waals surface area contributed by atoms with E-state index in [1.54, 1.807) is 6.92 Å². The molecule has 0 saturated heterocycles. The SMILES string of the molecule is COc1ccnc(C(=O)N[C@@H](C)c2nnc(-c3ccc(-c4ccccc4)cc3)s2)c1OC(C)=O. The lowest BCUT2D eigenvalue weighted by atomic mass is 10.0. The van der Waals surface area contributed by atoms with Gasteiger partial charge in [0, 0.05) is 24.8 Å². The molecule has 1 N–H and O–H groups in total. The van der Waals surface area contributed by atoms with E-state index in [1.165, 1.54) is 37.6 Å². The average molecular weight is 475 g/mol. The molecule has 2 aromatic heterocycles. The largest absolute Gasteiger partial charge is 0.493 e. The molecule has 1 amide bonds. The van der Waals surface area contributed by atoms with Crippen molar-refractivity contribution in [1.82, 2.24) is 20.5 Å². The summed E-state index contributed by atoms with van der Waals surface area (Å²) in [6, 6.07) is 19.3. The van der Waals surface area contributed by atoms with Gasteiger partial charge in [-0.15, -0.1) is 10.2 Å². The van der Waals surface area contributed by atoms with Gasteiger partial charge >= 0.3 is 5.97 Å². The van der Waals surface area contributed by atoms with Crippen LogP contribution in [-0.2, 0) is 4.79 Å². The van der Waals surface area contributed by atoms with Crippen LogP contribution in [0.2, 0.25) is 0 Å². The van der Waals surface area contributed by atoms with Crippen LogP contribution in [0.25, 0.3) is 21.7 Å². The predicted octanol–water partition coefficient (Wildman–Crippen LogP) is 4.69. The van der Waals surface area contributed by atoms with Crippen LogP contribution in [0.1, 0.15) is 35.4 Å². The van der Waals surface area contributed by atoms with Gasteiger partial charge in [-0.1, -0.05) is 65.9 Å². The van der Waals surface area contributed by atoms with Crippen molar-refractivity contribution in [2.24, 2.45) is 0 Å². The van der Waals surface area contributed by atoms with Gasteiger partial charge in [0.25, 0.3) is 5.91 Å². The fourth-order valence-corrected chi connectivity index (χ4v) is 4.14. The van der Waals surface area contributed by atoms with E-state index in [0.717, 1.165) is 21.7 Å². The van der Waals surface area contributed by atoms with Crippen LogP contribution in [0.3, 0.4) is 0 Å². The van der Waals surface area contributed by atoms with Gasteiger partial charge in [-0.25, -0.2) is 4.98 Å². The minimum Gasteiger partial charge on any atom is -0.493 e. The maximum Gasteiger partial charge on any atom is 0.308 e. The van der Waals surface area contributed by atoms with Crippen molar-refractivity contribution in [2.75, 3.05) is 7.11 Å². The summed E-state index contributed by atoms with van der Waals surface area (Å²) in [7, 11) is 1.42. The zero-order chi connectivity index (χ0) is 24.1. The number of rotatable bonds is 7. The molecule has 1 atom stereocenters. The zero-order valence-electron chi connectivity index (χ0n) is 18.8. The molecular weight excluding hydrogens is 452 g/mol. The van der Waals surface area contributed by atoms with E-state index in [9.17, 15) is 9.59 Å². The van der Waals surface area contributed by atoms with Gasteiger partial charge in [0.15, 0.2) is 11.4 Å². The molecule has 0 aliphatic carbocycles. The first-order chi connectivity index (χ1) is 16.5. The number of amides is 1. The number of methoxy groups -OCH3 is 1. The number of ether oxygens (including phenoxy) is 2. The van der Waals surface area contributed by atoms with E-state index in [1.807, 2.05) is 42.5 Å². The lowest BCUT2D eigenvalue weighted by Crippen LogP contribution is -2.28. The number of esters is 1. The van der Waals surface area contributed by atoms with Gasteiger partial charge in [0.1, 0.15) is 10.0 Å². The lowest BCUT2D eigenvalue weighted by molar-refractivity contribution is -0.132. The van der Waals surface area contributed by atoms with Crippen LogP contribution >= 0.6 is 11.3 Å². The Bertz CT molecular complexity index is 1310. The van der Waals surface area contributed by atoms with Gasteiger partial charge in [0.2, 0.25) is 5.75 Å². The first kappa shape index (κ1) is 23.1. The highest BCUT2D eigenvalue weighted by Gasteiger charge is 2.23. The Kier molecular flexibility index (Phi) is 6.93. The summed E-state index contributed by atoms with van der Waals surface area (Å²) < 4.78 is 10.4. The summed E-state index contributed by atoms with van der Waals surface area (Å²) in [4.78, 5) is 28.4. The average Bonchev–Trinajstić information content (AvgIpc) is 3.35. The highest BCUT2D eigenvalue weighted by Crippen LogP contribution is 2.31. The van der Waals surface area contributed by atoms with Crippen LogP contribution in [0.5, 0.6) is 11.5 Å². The van der Waals surface area contributed by atoms with E-state index >= 15 is 0 Å². The van der Waals surface area contributed by atoms with Gasteiger partial charge in [-0.05, 0) is 18.1 Å². The number of hydrogen-bond donors (Lipinski definition) is 1. The molecule has 0 spiro atoms. The number of nitrogens with zero attached hydrogens (tertiary/aromatic N) is 3. The number of carbonyl (C=O) groups is 2. The summed E-state index contributed by atoms with van der Waals surface area (Å²) in [5.74, 6) is -0.897. The topological polar surface area (TPSA) is 103 Å². The summed E-state index contributed by atoms with van der Waals surface area (Å²) in [6.45, 7) is 3.04. The van der Waals surface area contributed by atoms with Crippen molar-refractivity contribution >= 4 is 23.2 Å². The third kappa shape index (κ3) is 5.10. The second kappa shape index (κ2) is 10.2. The minimum absolute atomic E-state index is 0.0290. The monoisotopic (exact) mass is 474 g/mol. The van der Waals surface area contributed by atoms with Crippen LogP contribution in [0.15, 0.2) is 66.9 Å². The Morgan fingerprint density at radius 2 is 1.62 bits per heavy atom. The minimum atomic E-state index is -0.583. The molecule has 0 fully saturated rings. The van der Waals surface area contributed by atoms with E-state index in [0.29, 0.717) is 5.01 Å². The molecule has 4 rings (SSSR count). The maximum atomic E-state index is 12.9. The molecule has 2 aromatic carbocycles. The Labute approximate surface area is 200 Å². The lowest BCUT2D eigenvalue weighted by Gasteiger charge is -2.14. The summed E-state index contributed by atoms with van der Waals surface area (Å²) >= 11 is 1.39. The number of benzene rings is 2. The fraction of sp³-hybridized carbons (Fsp3) is 0.160. The maximum absolute atomic E-state index is 12.9. The fourth-order valence-electron chi connectivity index (χ4n) is 3.28. The number of nitrogens with one attached hydrogen (secondary N) is 1. The molecule has 0 unspecified atom stereocenters. The number of hydrogen-bond acceptors (Lipinski definition) is 8. The third-order valence-electron chi connectivity index (χ3n) is 4.95. The summed E-state index contributed by atoms with van der Waals surface area (Å²) in [5.41, 5.74) is 3.14. The van der Waals surface area contributed by atoms with Crippen molar-refractivity contribution < 1.29 is 19.1 Å². The highest BCUT2D eigenvalue weighted by atomic mass is 32.1. The smallest absolute Gasteiger partial charge is 0.308 e. The molecule has 0 aliphatic rings. The Hall–Kier alpha value is -4.11. The molecule has 0 aliphatic heterocycles. The van der Waals surface area contributed by atoms with Crippen molar-refractivity contribution in [3.63, 3.8) is 0 Å². The van der Waals surface area contributed by atoms with Gasteiger partial charge < -0.3 is 14.8 Å². The molecule has 0 bridgehead atoms. The predicted molar refractivity (Wildman–Crippen MR) is 129 cm³/mol. The second-order valence-electron chi connectivity index (χ2n) is 7.37. The van der Waals surface area contributed by atoms with Crippen molar-refractivity contribution in [2.45, 2.75) is 19.9 Å². The van der Waals surface area contributed by atoms with Crippen LogP contribution in [-0.4, -0.2) is 34.2 Å². The van der Waals surface area contributed by atoms with Crippen LogP contribution in [0, 0.1) is 0 Å². The number of pyridine rings is 1. The van der Waals surface area contributed by atoms with Gasteiger partial charge in [0.05, 0.1) is 13.2 Å². The number of carbonyl (C=O) groups excluding carboxylic acids is 2. The van der Waals surface area contributed by atoms with Gasteiger partial charge in [-0.3, -0.25) is 9.59 Å². The Morgan fingerprint density at radius 3 is 2.29 bits per heavy atom. The van der Waals surface area contributed by atoms with Crippen molar-refractivity contribution in [3.8, 4) is 33.2 Å². The molecule has 172 valence electrons. The van der Waals surface area contributed by atoms with Crippen molar-refractivity contribution in [3.05, 3.63) is 77.6 Å². The highest BCUT2D eigenvalue weighted by molar-refractivity contribution is 7.14. The van der Waals surface area contributed by atoms with Crippen molar-refractivity contribution in [1.29, 1.82) is 0 Å². The first-order valence-electron chi connectivity index (χ1n) is 10.5. The zero-order valence-corrected chi connectivity index (χ0v) is 19.6. The molecule has 8 nitrogen and oxygen atoms in total. The molecule has 34 heavy (non-hydrogen) atoms. The summed E-state index contributed by atoms with van der Waals surface area (Å²) in [6.07, 6.45) is 1.41. The normalized spacial score (nSPS) is 11.5. The molecule has 0 saturated carbocycles. The van der Waals surface area contributed by atoms with E-state index < -0.39 is 17.9 Å². The molecular formula is C25H22N4O4S. The standard InChI is InChI=1S/C25H22N4O4S/c1-15(27-23(31)21-22(33-16(2)30)20(32-3)13-14-26-21)24-28-29-25(34-24)19-11-9-18(10-12-19)17-7-5-4-6-8-17/h4-15H,1-3H3,(H,27,31)/t15-/m0/s1. The van der Waals surface area contributed by atoms with E-state index in [2.05, 4.69) is 32.6 Å². The quantitative estimate of drug-likeness (QED) is 0.388. The molecule has 9 heteroatoms. The van der Waals surface area contributed by atoms with E-state index in [-0.39, 0.29) is 17.2 Å². The summed E-state index contributed by atoms with van der Waals surface area (Å²) in [5, 5.41) is 12.7. The van der Waals surface area contributed by atoms with Gasteiger partial charge in [-0.2, -0.15) is 0 Å². The third-order valence-corrected chi connectivity index (χ3v) is 6.10. The number of aromatic nitrogens is 3. The molecule has 4 aromatic rings. The van der Waals surface area contributed by atoms with Crippen LogP contribution in [0.4, 0.5) is 0 Å². The van der Waals surface area contributed by atoms with E-state index in [4.69, 9.17) is 9.47 Å². The Balaban J connectivity index is 1.49. The molecule has 0 radical (unpaired) electrons. The molecule has 2 heterocycles.